The maximum Gasteiger partial charge on any atom is 0.264 e. The van der Waals surface area contributed by atoms with Crippen LogP contribution < -0.4 is 14.8 Å². The fraction of sp³-hybridized carbons (Fsp3) is 0.316. The molecule has 0 bridgehead atoms. The highest BCUT2D eigenvalue weighted by Crippen LogP contribution is 2.30. The van der Waals surface area contributed by atoms with Gasteiger partial charge in [-0.1, -0.05) is 49.4 Å². The second kappa shape index (κ2) is 7.18. The summed E-state index contributed by atoms with van der Waals surface area (Å²) in [5.41, 5.74) is 1.24. The Labute approximate surface area is 136 Å². The van der Waals surface area contributed by atoms with Crippen molar-refractivity contribution in [3.8, 4) is 11.5 Å². The first kappa shape index (κ1) is 15.4. The van der Waals surface area contributed by atoms with E-state index in [-0.39, 0.29) is 12.5 Å². The number of rotatable bonds is 5. The quantitative estimate of drug-likeness (QED) is 0.923. The minimum atomic E-state index is -0.599. The summed E-state index contributed by atoms with van der Waals surface area (Å²) < 4.78 is 11.3. The van der Waals surface area contributed by atoms with Gasteiger partial charge in [0.05, 0.1) is 0 Å². The van der Waals surface area contributed by atoms with E-state index in [2.05, 4.69) is 24.4 Å². The molecule has 120 valence electrons. The standard InChI is InChI=1S/C19H21NO3/c1-2-14(15-8-4-3-5-9-15)12-20-19(21)18-13-22-16-10-6-7-11-17(16)23-18/h3-11,14,18H,2,12-13H2,1H3,(H,20,21). The molecular weight excluding hydrogens is 290 g/mol. The lowest BCUT2D eigenvalue weighted by atomic mass is 9.96. The molecule has 1 aliphatic heterocycles. The Morgan fingerprint density at radius 3 is 2.57 bits per heavy atom. The maximum atomic E-state index is 12.3. The average Bonchev–Trinajstić information content (AvgIpc) is 2.62. The number of nitrogens with one attached hydrogen (secondary N) is 1. The Bertz CT molecular complexity index is 657. The van der Waals surface area contributed by atoms with Crippen LogP contribution in [-0.2, 0) is 4.79 Å². The van der Waals surface area contributed by atoms with E-state index in [1.807, 2.05) is 42.5 Å². The van der Waals surface area contributed by atoms with Gasteiger partial charge in [-0.3, -0.25) is 4.79 Å². The molecule has 4 heteroatoms. The van der Waals surface area contributed by atoms with Gasteiger partial charge >= 0.3 is 0 Å². The molecule has 2 aromatic carbocycles. The number of benzene rings is 2. The van der Waals surface area contributed by atoms with Crippen molar-refractivity contribution in [2.45, 2.75) is 25.4 Å². The third-order valence-corrected chi connectivity index (χ3v) is 4.09. The van der Waals surface area contributed by atoms with Gasteiger partial charge in [-0.25, -0.2) is 0 Å². The lowest BCUT2D eigenvalue weighted by Crippen LogP contribution is -2.45. The van der Waals surface area contributed by atoms with Crippen molar-refractivity contribution in [1.82, 2.24) is 5.32 Å². The van der Waals surface area contributed by atoms with E-state index in [4.69, 9.17) is 9.47 Å². The number of carbonyl (C=O) groups is 1. The van der Waals surface area contributed by atoms with Crippen molar-refractivity contribution >= 4 is 5.91 Å². The minimum absolute atomic E-state index is 0.131. The van der Waals surface area contributed by atoms with Crippen LogP contribution in [0.3, 0.4) is 0 Å². The molecule has 2 aromatic rings. The van der Waals surface area contributed by atoms with Gasteiger partial charge in [0.15, 0.2) is 11.5 Å². The minimum Gasteiger partial charge on any atom is -0.485 e. The number of para-hydroxylation sites is 2. The highest BCUT2D eigenvalue weighted by atomic mass is 16.6. The molecule has 2 atom stereocenters. The van der Waals surface area contributed by atoms with Gasteiger partial charge in [0.2, 0.25) is 6.10 Å². The highest BCUT2D eigenvalue weighted by molar-refractivity contribution is 5.81. The summed E-state index contributed by atoms with van der Waals surface area (Å²) in [6.45, 7) is 2.96. The lowest BCUT2D eigenvalue weighted by Gasteiger charge is -2.26. The van der Waals surface area contributed by atoms with Crippen LogP contribution in [-0.4, -0.2) is 25.2 Å². The molecule has 1 amide bonds. The first-order valence-corrected chi connectivity index (χ1v) is 7.99. The lowest BCUT2D eigenvalue weighted by molar-refractivity contribution is -0.130. The van der Waals surface area contributed by atoms with Crippen molar-refractivity contribution in [2.75, 3.05) is 13.2 Å². The SMILES string of the molecule is CCC(CNC(=O)C1COc2ccccc2O1)c1ccccc1. The summed E-state index contributed by atoms with van der Waals surface area (Å²) in [6.07, 6.45) is 0.369. The molecule has 0 saturated carbocycles. The summed E-state index contributed by atoms with van der Waals surface area (Å²) in [4.78, 5) is 12.3. The van der Waals surface area contributed by atoms with Gasteiger partial charge in [-0.05, 0) is 24.1 Å². The molecule has 23 heavy (non-hydrogen) atoms. The van der Waals surface area contributed by atoms with Crippen LogP contribution in [0.5, 0.6) is 11.5 Å². The van der Waals surface area contributed by atoms with E-state index in [1.165, 1.54) is 5.56 Å². The molecule has 0 aromatic heterocycles. The van der Waals surface area contributed by atoms with Gasteiger partial charge in [-0.2, -0.15) is 0 Å². The first-order valence-electron chi connectivity index (χ1n) is 7.99. The molecule has 0 radical (unpaired) electrons. The molecule has 0 saturated heterocycles. The Balaban J connectivity index is 1.57. The van der Waals surface area contributed by atoms with Crippen molar-refractivity contribution in [1.29, 1.82) is 0 Å². The Kier molecular flexibility index (Phi) is 4.81. The summed E-state index contributed by atoms with van der Waals surface area (Å²) in [6, 6.07) is 17.6. The van der Waals surface area contributed by atoms with Gasteiger partial charge < -0.3 is 14.8 Å². The number of amides is 1. The second-order valence-corrected chi connectivity index (χ2v) is 5.63. The Morgan fingerprint density at radius 2 is 1.83 bits per heavy atom. The predicted octanol–water partition coefficient (Wildman–Crippen LogP) is 3.14. The number of hydrogen-bond donors (Lipinski definition) is 1. The Hall–Kier alpha value is -2.49. The van der Waals surface area contributed by atoms with Crippen molar-refractivity contribution in [3.05, 3.63) is 60.2 Å². The normalized spacial score (nSPS) is 17.3. The summed E-state index contributed by atoms with van der Waals surface area (Å²) >= 11 is 0. The second-order valence-electron chi connectivity index (χ2n) is 5.63. The van der Waals surface area contributed by atoms with E-state index in [9.17, 15) is 4.79 Å². The monoisotopic (exact) mass is 311 g/mol. The molecule has 1 heterocycles. The van der Waals surface area contributed by atoms with Crippen LogP contribution >= 0.6 is 0 Å². The number of hydrogen-bond acceptors (Lipinski definition) is 3. The molecule has 3 rings (SSSR count). The molecule has 0 aliphatic carbocycles. The maximum absolute atomic E-state index is 12.3. The molecule has 1 N–H and O–H groups in total. The number of carbonyl (C=O) groups excluding carboxylic acids is 1. The van der Waals surface area contributed by atoms with E-state index in [1.54, 1.807) is 0 Å². The van der Waals surface area contributed by atoms with Gasteiger partial charge in [0.1, 0.15) is 6.61 Å². The molecule has 0 fully saturated rings. The zero-order chi connectivity index (χ0) is 16.1. The van der Waals surface area contributed by atoms with E-state index in [0.717, 1.165) is 6.42 Å². The topological polar surface area (TPSA) is 47.6 Å². The summed E-state index contributed by atoms with van der Waals surface area (Å²) in [5, 5.41) is 2.99. The largest absolute Gasteiger partial charge is 0.485 e. The fourth-order valence-corrected chi connectivity index (χ4v) is 2.71. The molecule has 0 spiro atoms. The third kappa shape index (κ3) is 3.65. The number of fused-ring (bicyclic) bond motifs is 1. The average molecular weight is 311 g/mol. The number of ether oxygens (including phenoxy) is 2. The Morgan fingerprint density at radius 1 is 1.13 bits per heavy atom. The molecule has 4 nitrogen and oxygen atoms in total. The van der Waals surface area contributed by atoms with Crippen molar-refractivity contribution in [2.24, 2.45) is 0 Å². The van der Waals surface area contributed by atoms with Crippen LogP contribution in [0.15, 0.2) is 54.6 Å². The van der Waals surface area contributed by atoms with Crippen LogP contribution in [0, 0.1) is 0 Å². The van der Waals surface area contributed by atoms with E-state index in [0.29, 0.717) is 24.0 Å². The summed E-state index contributed by atoms with van der Waals surface area (Å²) in [7, 11) is 0. The smallest absolute Gasteiger partial charge is 0.264 e. The van der Waals surface area contributed by atoms with Crippen molar-refractivity contribution < 1.29 is 14.3 Å². The third-order valence-electron chi connectivity index (χ3n) is 4.09. The van der Waals surface area contributed by atoms with E-state index >= 15 is 0 Å². The summed E-state index contributed by atoms with van der Waals surface area (Å²) in [5.74, 6) is 1.48. The zero-order valence-corrected chi connectivity index (χ0v) is 13.2. The molecule has 1 aliphatic rings. The van der Waals surface area contributed by atoms with Crippen LogP contribution in [0.25, 0.3) is 0 Å². The molecule has 2 unspecified atom stereocenters. The van der Waals surface area contributed by atoms with Crippen LogP contribution in [0.4, 0.5) is 0 Å². The van der Waals surface area contributed by atoms with Crippen molar-refractivity contribution in [3.63, 3.8) is 0 Å². The molecular formula is C19H21NO3. The van der Waals surface area contributed by atoms with Gasteiger partial charge in [0.25, 0.3) is 5.91 Å². The van der Waals surface area contributed by atoms with E-state index < -0.39 is 6.10 Å². The predicted molar refractivity (Wildman–Crippen MR) is 88.8 cm³/mol. The van der Waals surface area contributed by atoms with Crippen LogP contribution in [0.1, 0.15) is 24.8 Å². The van der Waals surface area contributed by atoms with Crippen LogP contribution in [0.2, 0.25) is 0 Å². The van der Waals surface area contributed by atoms with Gasteiger partial charge in [0, 0.05) is 12.5 Å². The van der Waals surface area contributed by atoms with Gasteiger partial charge in [-0.15, -0.1) is 0 Å². The zero-order valence-electron chi connectivity index (χ0n) is 13.2. The fourth-order valence-electron chi connectivity index (χ4n) is 2.71. The highest BCUT2D eigenvalue weighted by Gasteiger charge is 2.27. The first-order chi connectivity index (χ1) is 11.3.